The van der Waals surface area contributed by atoms with Gasteiger partial charge in [0.25, 0.3) is 5.91 Å². The van der Waals surface area contributed by atoms with Gasteiger partial charge < -0.3 is 10.1 Å². The van der Waals surface area contributed by atoms with Crippen LogP contribution in [0.1, 0.15) is 34.4 Å². The van der Waals surface area contributed by atoms with Gasteiger partial charge in [0.1, 0.15) is 11.1 Å². The van der Waals surface area contributed by atoms with E-state index in [1.807, 2.05) is 31.2 Å². The Labute approximate surface area is 166 Å². The van der Waals surface area contributed by atoms with Gasteiger partial charge in [0.2, 0.25) is 0 Å². The summed E-state index contributed by atoms with van der Waals surface area (Å²) < 4.78 is 5.04. The van der Waals surface area contributed by atoms with Crippen LogP contribution in [-0.4, -0.2) is 24.2 Å². The van der Waals surface area contributed by atoms with Gasteiger partial charge in [0, 0.05) is 15.5 Å². The maximum Gasteiger partial charge on any atom is 0.307 e. The van der Waals surface area contributed by atoms with Gasteiger partial charge in [-0.15, -0.1) is 23.1 Å². The number of carbonyl (C=O) groups is 2. The van der Waals surface area contributed by atoms with E-state index in [9.17, 15) is 14.9 Å². The van der Waals surface area contributed by atoms with E-state index in [1.54, 1.807) is 11.8 Å². The topological polar surface area (TPSA) is 79.2 Å². The summed E-state index contributed by atoms with van der Waals surface area (Å²) in [5, 5.41) is 12.6. The van der Waals surface area contributed by atoms with Gasteiger partial charge in [0.05, 0.1) is 12.0 Å². The van der Waals surface area contributed by atoms with E-state index >= 15 is 0 Å². The minimum atomic E-state index is -0.411. The van der Waals surface area contributed by atoms with Crippen LogP contribution in [0.25, 0.3) is 0 Å². The standard InChI is InChI=1S/C20H20N2O3S2/c1-13-5-7-14(8-6-13)26-10-9-19(24)25-12-18(23)22-20-16(11-21)15-3-2-4-17(15)27-20/h5-8H,2-4,9-10,12H2,1H3,(H,22,23). The molecule has 27 heavy (non-hydrogen) atoms. The zero-order valence-electron chi connectivity index (χ0n) is 15.0. The summed E-state index contributed by atoms with van der Waals surface area (Å²) in [6.45, 7) is 1.70. The second kappa shape index (κ2) is 9.07. The van der Waals surface area contributed by atoms with E-state index in [-0.39, 0.29) is 13.0 Å². The van der Waals surface area contributed by atoms with Gasteiger partial charge in [-0.2, -0.15) is 5.26 Å². The third kappa shape index (κ3) is 5.12. The number of carbonyl (C=O) groups excluding carboxylic acids is 2. The first-order valence-corrected chi connectivity index (χ1v) is 10.6. The summed E-state index contributed by atoms with van der Waals surface area (Å²) in [7, 11) is 0. The van der Waals surface area contributed by atoms with Crippen LogP contribution in [0.15, 0.2) is 29.2 Å². The van der Waals surface area contributed by atoms with Crippen molar-refractivity contribution in [1.82, 2.24) is 0 Å². The molecule has 0 saturated carbocycles. The van der Waals surface area contributed by atoms with Gasteiger partial charge in [-0.05, 0) is 43.9 Å². The largest absolute Gasteiger partial charge is 0.456 e. The van der Waals surface area contributed by atoms with Gasteiger partial charge >= 0.3 is 5.97 Å². The third-order valence-electron chi connectivity index (χ3n) is 4.25. The molecule has 140 valence electrons. The fourth-order valence-electron chi connectivity index (χ4n) is 2.88. The molecule has 0 saturated heterocycles. The molecule has 0 radical (unpaired) electrons. The molecule has 0 unspecified atom stereocenters. The highest BCUT2D eigenvalue weighted by molar-refractivity contribution is 7.99. The zero-order valence-corrected chi connectivity index (χ0v) is 16.7. The van der Waals surface area contributed by atoms with Gasteiger partial charge in [0.15, 0.2) is 6.61 Å². The van der Waals surface area contributed by atoms with Gasteiger partial charge in [-0.3, -0.25) is 9.59 Å². The number of thiophene rings is 1. The summed E-state index contributed by atoms with van der Waals surface area (Å²) >= 11 is 3.03. The Kier molecular flexibility index (Phi) is 6.54. The molecule has 1 aliphatic rings. The molecule has 7 heteroatoms. The van der Waals surface area contributed by atoms with Crippen molar-refractivity contribution in [2.45, 2.75) is 37.5 Å². The first-order chi connectivity index (χ1) is 13.1. The van der Waals surface area contributed by atoms with Crippen molar-refractivity contribution < 1.29 is 14.3 Å². The second-order valence-electron chi connectivity index (χ2n) is 6.29. The molecule has 1 N–H and O–H groups in total. The van der Waals surface area contributed by atoms with Crippen molar-refractivity contribution in [3.8, 4) is 6.07 Å². The molecule has 2 aromatic rings. The lowest BCUT2D eigenvalue weighted by Gasteiger charge is -2.06. The SMILES string of the molecule is Cc1ccc(SCCC(=O)OCC(=O)Nc2sc3c(c2C#N)CCC3)cc1. The number of anilines is 1. The average molecular weight is 401 g/mol. The van der Waals surface area contributed by atoms with Crippen LogP contribution in [-0.2, 0) is 27.2 Å². The number of hydrogen-bond donors (Lipinski definition) is 1. The van der Waals surface area contributed by atoms with Crippen LogP contribution in [0, 0.1) is 18.3 Å². The van der Waals surface area contributed by atoms with Crippen LogP contribution in [0.2, 0.25) is 0 Å². The Morgan fingerprint density at radius 3 is 2.81 bits per heavy atom. The maximum atomic E-state index is 12.0. The highest BCUT2D eigenvalue weighted by Crippen LogP contribution is 2.38. The molecular weight excluding hydrogens is 380 g/mol. The first-order valence-electron chi connectivity index (χ1n) is 8.76. The van der Waals surface area contributed by atoms with Crippen molar-refractivity contribution in [3.05, 3.63) is 45.8 Å². The number of benzene rings is 1. The van der Waals surface area contributed by atoms with E-state index in [1.165, 1.54) is 21.8 Å². The molecular formula is C20H20N2O3S2. The lowest BCUT2D eigenvalue weighted by Crippen LogP contribution is -2.21. The molecule has 1 heterocycles. The molecule has 1 aliphatic carbocycles. The zero-order chi connectivity index (χ0) is 19.2. The molecule has 1 aromatic heterocycles. The molecule has 0 atom stereocenters. The Morgan fingerprint density at radius 2 is 2.07 bits per heavy atom. The van der Waals surface area contributed by atoms with E-state index < -0.39 is 11.9 Å². The van der Waals surface area contributed by atoms with Gasteiger partial charge in [-0.1, -0.05) is 17.7 Å². The molecule has 5 nitrogen and oxygen atoms in total. The number of amides is 1. The summed E-state index contributed by atoms with van der Waals surface area (Å²) in [5.74, 6) is -0.218. The van der Waals surface area contributed by atoms with Crippen LogP contribution < -0.4 is 5.32 Å². The number of rotatable bonds is 7. The second-order valence-corrected chi connectivity index (χ2v) is 8.57. The van der Waals surface area contributed by atoms with Crippen molar-refractivity contribution >= 4 is 40.0 Å². The maximum absolute atomic E-state index is 12.0. The molecule has 3 rings (SSSR count). The molecule has 1 amide bonds. The third-order valence-corrected chi connectivity index (χ3v) is 6.47. The Morgan fingerprint density at radius 1 is 1.30 bits per heavy atom. The van der Waals surface area contributed by atoms with Crippen LogP contribution in [0.3, 0.4) is 0 Å². The number of nitrogens with one attached hydrogen (secondary N) is 1. The Balaban J connectivity index is 1.41. The lowest BCUT2D eigenvalue weighted by atomic mass is 10.1. The summed E-state index contributed by atoms with van der Waals surface area (Å²) in [6.07, 6.45) is 3.14. The fourth-order valence-corrected chi connectivity index (χ4v) is 4.97. The van der Waals surface area contributed by atoms with Crippen molar-refractivity contribution in [2.75, 3.05) is 17.7 Å². The average Bonchev–Trinajstić information content (AvgIpc) is 3.22. The number of nitriles is 1. The summed E-state index contributed by atoms with van der Waals surface area (Å²) in [4.78, 5) is 26.1. The van der Waals surface area contributed by atoms with Gasteiger partial charge in [-0.25, -0.2) is 0 Å². The number of thioether (sulfide) groups is 1. The first kappa shape index (κ1) is 19.5. The number of ether oxygens (including phenoxy) is 1. The van der Waals surface area contributed by atoms with Crippen molar-refractivity contribution in [3.63, 3.8) is 0 Å². The predicted octanol–water partition coefficient (Wildman–Crippen LogP) is 4.08. The number of esters is 1. The number of fused-ring (bicyclic) bond motifs is 1. The highest BCUT2D eigenvalue weighted by atomic mass is 32.2. The smallest absolute Gasteiger partial charge is 0.307 e. The molecule has 0 aliphatic heterocycles. The lowest BCUT2D eigenvalue weighted by molar-refractivity contribution is -0.146. The van der Waals surface area contributed by atoms with E-state index in [2.05, 4.69) is 11.4 Å². The van der Waals surface area contributed by atoms with Crippen LogP contribution in [0.4, 0.5) is 5.00 Å². The van der Waals surface area contributed by atoms with E-state index in [4.69, 9.17) is 4.74 Å². The molecule has 0 bridgehead atoms. The minimum absolute atomic E-state index is 0.239. The van der Waals surface area contributed by atoms with Crippen LogP contribution in [0.5, 0.6) is 0 Å². The fraction of sp³-hybridized carbons (Fsp3) is 0.350. The van der Waals surface area contributed by atoms with Crippen molar-refractivity contribution in [2.24, 2.45) is 0 Å². The molecule has 0 fully saturated rings. The number of nitrogens with zero attached hydrogens (tertiary/aromatic N) is 1. The van der Waals surface area contributed by atoms with E-state index in [0.29, 0.717) is 16.3 Å². The predicted molar refractivity (Wildman–Crippen MR) is 107 cm³/mol. The monoisotopic (exact) mass is 400 g/mol. The number of hydrogen-bond acceptors (Lipinski definition) is 6. The normalized spacial score (nSPS) is 12.3. The Hall–Kier alpha value is -2.30. The highest BCUT2D eigenvalue weighted by Gasteiger charge is 2.23. The van der Waals surface area contributed by atoms with E-state index in [0.717, 1.165) is 29.7 Å². The van der Waals surface area contributed by atoms with Crippen molar-refractivity contribution in [1.29, 1.82) is 5.26 Å². The minimum Gasteiger partial charge on any atom is -0.456 e. The molecule has 1 aromatic carbocycles. The molecule has 0 spiro atoms. The summed E-state index contributed by atoms with van der Waals surface area (Å²) in [5.41, 5.74) is 2.81. The quantitative estimate of drug-likeness (QED) is 0.560. The number of aryl methyl sites for hydroxylation is 2. The summed E-state index contributed by atoms with van der Waals surface area (Å²) in [6, 6.07) is 10.3. The van der Waals surface area contributed by atoms with Crippen LogP contribution >= 0.6 is 23.1 Å². The Bertz CT molecular complexity index is 882.